The van der Waals surface area contributed by atoms with Crippen molar-refractivity contribution in [3.8, 4) is 0 Å². The van der Waals surface area contributed by atoms with Crippen LogP contribution < -0.4 is 5.32 Å². The number of hydrogen-bond donors (Lipinski definition) is 1. The van der Waals surface area contributed by atoms with E-state index < -0.39 is 0 Å². The Balaban J connectivity index is 1.91. The first-order chi connectivity index (χ1) is 8.29. The lowest BCUT2D eigenvalue weighted by Gasteiger charge is -2.25. The zero-order valence-electron chi connectivity index (χ0n) is 10.8. The third-order valence-corrected chi connectivity index (χ3v) is 3.12. The molecule has 0 amide bonds. The van der Waals surface area contributed by atoms with Crippen LogP contribution in [0.3, 0.4) is 0 Å². The van der Waals surface area contributed by atoms with Gasteiger partial charge in [-0.2, -0.15) is 0 Å². The maximum absolute atomic E-state index is 5.79. The van der Waals surface area contributed by atoms with Crippen LogP contribution in [0, 0.1) is 6.92 Å². The number of morpholine rings is 1. The lowest BCUT2D eigenvalue weighted by molar-refractivity contribution is 0.0312. The van der Waals surface area contributed by atoms with E-state index in [1.165, 1.54) is 5.56 Å². The topological polar surface area (TPSA) is 37.6 Å². The van der Waals surface area contributed by atoms with Gasteiger partial charge in [0.15, 0.2) is 0 Å². The summed E-state index contributed by atoms with van der Waals surface area (Å²) >= 11 is 0. The van der Waals surface area contributed by atoms with Crippen molar-refractivity contribution in [1.29, 1.82) is 0 Å². The number of hydrogen-bond acceptors (Lipinski definition) is 4. The van der Waals surface area contributed by atoms with Gasteiger partial charge < -0.3 is 14.5 Å². The molecule has 96 valence electrons. The molecule has 1 saturated heterocycles. The van der Waals surface area contributed by atoms with Gasteiger partial charge in [0.25, 0.3) is 0 Å². The minimum Gasteiger partial charge on any atom is -0.465 e. The average Bonchev–Trinajstić information content (AvgIpc) is 2.68. The highest BCUT2D eigenvalue weighted by atomic mass is 16.5. The van der Waals surface area contributed by atoms with Crippen molar-refractivity contribution in [2.45, 2.75) is 26.9 Å². The molecule has 0 spiro atoms. The van der Waals surface area contributed by atoms with E-state index in [2.05, 4.69) is 23.2 Å². The van der Waals surface area contributed by atoms with Gasteiger partial charge in [-0.1, -0.05) is 6.92 Å². The van der Waals surface area contributed by atoms with Gasteiger partial charge in [-0.3, -0.25) is 4.90 Å². The smallest absolute Gasteiger partial charge is 0.118 e. The molecule has 0 radical (unpaired) electrons. The fourth-order valence-corrected chi connectivity index (χ4v) is 2.08. The summed E-state index contributed by atoms with van der Waals surface area (Å²) in [4.78, 5) is 2.37. The van der Waals surface area contributed by atoms with Crippen LogP contribution in [-0.2, 0) is 17.8 Å². The standard InChI is InChI=1S/C13H22N2O2/c1-3-14-9-12-8-13(17-11(12)2)10-15-4-6-16-7-5-15/h8,14H,3-7,9-10H2,1-2H3. The van der Waals surface area contributed by atoms with Crippen LogP contribution >= 0.6 is 0 Å². The van der Waals surface area contributed by atoms with Crippen molar-refractivity contribution in [3.63, 3.8) is 0 Å². The number of aryl methyl sites for hydroxylation is 1. The molecule has 1 aliphatic rings. The highest BCUT2D eigenvalue weighted by Gasteiger charge is 2.14. The van der Waals surface area contributed by atoms with E-state index in [0.29, 0.717) is 0 Å². The lowest BCUT2D eigenvalue weighted by atomic mass is 10.2. The van der Waals surface area contributed by atoms with Crippen molar-refractivity contribution < 1.29 is 9.15 Å². The van der Waals surface area contributed by atoms with Crippen LogP contribution in [0.5, 0.6) is 0 Å². The van der Waals surface area contributed by atoms with Gasteiger partial charge in [0.1, 0.15) is 11.5 Å². The molecule has 1 fully saturated rings. The maximum Gasteiger partial charge on any atom is 0.118 e. The Morgan fingerprint density at radius 2 is 2.12 bits per heavy atom. The fraction of sp³-hybridized carbons (Fsp3) is 0.692. The van der Waals surface area contributed by atoms with E-state index in [4.69, 9.17) is 9.15 Å². The number of ether oxygens (including phenoxy) is 1. The molecular formula is C13H22N2O2. The minimum absolute atomic E-state index is 0.837. The summed E-state index contributed by atoms with van der Waals surface area (Å²) in [5.74, 6) is 2.10. The van der Waals surface area contributed by atoms with Crippen LogP contribution in [0.2, 0.25) is 0 Å². The van der Waals surface area contributed by atoms with Crippen molar-refractivity contribution in [1.82, 2.24) is 10.2 Å². The van der Waals surface area contributed by atoms with E-state index >= 15 is 0 Å². The summed E-state index contributed by atoms with van der Waals surface area (Å²) in [5.41, 5.74) is 1.27. The number of furan rings is 1. The zero-order valence-corrected chi connectivity index (χ0v) is 10.8. The predicted molar refractivity (Wildman–Crippen MR) is 66.9 cm³/mol. The van der Waals surface area contributed by atoms with E-state index in [1.807, 2.05) is 6.92 Å². The zero-order chi connectivity index (χ0) is 12.1. The predicted octanol–water partition coefficient (Wildman–Crippen LogP) is 1.53. The molecule has 1 aliphatic heterocycles. The highest BCUT2D eigenvalue weighted by molar-refractivity contribution is 5.20. The molecule has 0 atom stereocenters. The summed E-state index contributed by atoms with van der Waals surface area (Å²) in [7, 11) is 0. The van der Waals surface area contributed by atoms with Gasteiger partial charge in [0.2, 0.25) is 0 Å². The summed E-state index contributed by atoms with van der Waals surface area (Å²) in [6.45, 7) is 10.6. The third-order valence-electron chi connectivity index (χ3n) is 3.12. The molecule has 2 rings (SSSR count). The molecule has 1 N–H and O–H groups in total. The monoisotopic (exact) mass is 238 g/mol. The second kappa shape index (κ2) is 6.19. The minimum atomic E-state index is 0.837. The van der Waals surface area contributed by atoms with Gasteiger partial charge in [0.05, 0.1) is 19.8 Å². The van der Waals surface area contributed by atoms with Gasteiger partial charge in [-0.15, -0.1) is 0 Å². The van der Waals surface area contributed by atoms with Crippen LogP contribution in [0.25, 0.3) is 0 Å². The third kappa shape index (κ3) is 3.56. The van der Waals surface area contributed by atoms with Gasteiger partial charge in [0, 0.05) is 25.2 Å². The van der Waals surface area contributed by atoms with Crippen molar-refractivity contribution >= 4 is 0 Å². The SMILES string of the molecule is CCNCc1cc(CN2CCOCC2)oc1C. The lowest BCUT2D eigenvalue weighted by Crippen LogP contribution is -2.35. The van der Waals surface area contributed by atoms with Crippen LogP contribution in [0.1, 0.15) is 24.0 Å². The molecule has 4 nitrogen and oxygen atoms in total. The van der Waals surface area contributed by atoms with Crippen molar-refractivity contribution in [3.05, 3.63) is 23.2 Å². The van der Waals surface area contributed by atoms with E-state index in [9.17, 15) is 0 Å². The van der Waals surface area contributed by atoms with E-state index in [1.54, 1.807) is 0 Å². The van der Waals surface area contributed by atoms with Crippen molar-refractivity contribution in [2.75, 3.05) is 32.8 Å². The van der Waals surface area contributed by atoms with Crippen LogP contribution in [0.15, 0.2) is 10.5 Å². The summed E-state index contributed by atoms with van der Waals surface area (Å²) in [5, 5.41) is 3.33. The molecule has 1 aromatic heterocycles. The second-order valence-corrected chi connectivity index (χ2v) is 4.46. The molecule has 0 saturated carbocycles. The Morgan fingerprint density at radius 1 is 1.35 bits per heavy atom. The first-order valence-electron chi connectivity index (χ1n) is 6.38. The molecule has 17 heavy (non-hydrogen) atoms. The van der Waals surface area contributed by atoms with E-state index in [-0.39, 0.29) is 0 Å². The highest BCUT2D eigenvalue weighted by Crippen LogP contribution is 2.16. The second-order valence-electron chi connectivity index (χ2n) is 4.46. The van der Waals surface area contributed by atoms with Gasteiger partial charge in [-0.25, -0.2) is 0 Å². The Labute approximate surface area is 103 Å². The quantitative estimate of drug-likeness (QED) is 0.844. The van der Waals surface area contributed by atoms with Crippen LogP contribution in [0.4, 0.5) is 0 Å². The molecule has 0 aromatic carbocycles. The molecule has 4 heteroatoms. The Kier molecular flexibility index (Phi) is 4.59. The molecule has 2 heterocycles. The molecule has 0 bridgehead atoms. The normalized spacial score (nSPS) is 17.5. The van der Waals surface area contributed by atoms with Gasteiger partial charge >= 0.3 is 0 Å². The Morgan fingerprint density at radius 3 is 2.82 bits per heavy atom. The number of nitrogens with one attached hydrogen (secondary N) is 1. The van der Waals surface area contributed by atoms with Crippen molar-refractivity contribution in [2.24, 2.45) is 0 Å². The summed E-state index contributed by atoms with van der Waals surface area (Å²) in [6, 6.07) is 2.17. The molecule has 0 unspecified atom stereocenters. The summed E-state index contributed by atoms with van der Waals surface area (Å²) in [6.07, 6.45) is 0. The molecular weight excluding hydrogens is 216 g/mol. The summed E-state index contributed by atoms with van der Waals surface area (Å²) < 4.78 is 11.1. The maximum atomic E-state index is 5.79. The first-order valence-corrected chi connectivity index (χ1v) is 6.38. The molecule has 1 aromatic rings. The average molecular weight is 238 g/mol. The largest absolute Gasteiger partial charge is 0.465 e. The van der Waals surface area contributed by atoms with Gasteiger partial charge in [-0.05, 0) is 19.5 Å². The fourth-order valence-electron chi connectivity index (χ4n) is 2.08. The first kappa shape index (κ1) is 12.6. The molecule has 0 aliphatic carbocycles. The van der Waals surface area contributed by atoms with Crippen LogP contribution in [-0.4, -0.2) is 37.7 Å². The Bertz CT molecular complexity index is 343. The Hall–Kier alpha value is -0.840. The number of rotatable bonds is 5. The van der Waals surface area contributed by atoms with E-state index in [0.717, 1.165) is 57.5 Å². The number of nitrogens with zero attached hydrogens (tertiary/aromatic N) is 1.